The Morgan fingerprint density at radius 1 is 1.20 bits per heavy atom. The molecule has 2 aromatic carbocycles. The van der Waals surface area contributed by atoms with Crippen molar-refractivity contribution in [3.63, 3.8) is 0 Å². The number of imidazole rings is 1. The van der Waals surface area contributed by atoms with E-state index in [1.165, 1.54) is 17.2 Å². The van der Waals surface area contributed by atoms with Crippen LogP contribution < -0.4 is 11.1 Å². The molecule has 0 radical (unpaired) electrons. The molecule has 6 heteroatoms. The van der Waals surface area contributed by atoms with Gasteiger partial charge in [0, 0.05) is 18.1 Å². The number of nitrogens with two attached hydrogens (primary N) is 1. The molecule has 0 saturated carbocycles. The van der Waals surface area contributed by atoms with Crippen LogP contribution in [-0.4, -0.2) is 15.5 Å². The van der Waals surface area contributed by atoms with Gasteiger partial charge in [-0.25, -0.2) is 14.4 Å². The van der Waals surface area contributed by atoms with Gasteiger partial charge in [0.15, 0.2) is 5.96 Å². The minimum atomic E-state index is -0.327. The van der Waals surface area contributed by atoms with Crippen molar-refractivity contribution in [2.24, 2.45) is 10.7 Å². The number of guanidine groups is 1. The van der Waals surface area contributed by atoms with Crippen molar-refractivity contribution in [2.45, 2.75) is 20.4 Å². The molecule has 0 spiro atoms. The Morgan fingerprint density at radius 2 is 2.04 bits per heavy atom. The number of anilines is 1. The van der Waals surface area contributed by atoms with Crippen LogP contribution >= 0.6 is 0 Å². The Morgan fingerprint density at radius 3 is 2.72 bits per heavy atom. The summed E-state index contributed by atoms with van der Waals surface area (Å²) < 4.78 is 15.8. The van der Waals surface area contributed by atoms with E-state index in [0.717, 1.165) is 11.3 Å². The maximum atomic E-state index is 14.2. The molecular weight excluding hydrogens is 317 g/mol. The van der Waals surface area contributed by atoms with E-state index in [1.807, 2.05) is 31.2 Å². The molecule has 25 heavy (non-hydrogen) atoms. The highest BCUT2D eigenvalue weighted by Gasteiger charge is 2.05. The Labute approximate surface area is 146 Å². The topological polar surface area (TPSA) is 68.2 Å². The summed E-state index contributed by atoms with van der Waals surface area (Å²) in [4.78, 5) is 8.20. The molecule has 0 aliphatic carbocycles. The van der Waals surface area contributed by atoms with Crippen molar-refractivity contribution in [2.75, 3.05) is 5.32 Å². The Bertz CT molecular complexity index is 900. The van der Waals surface area contributed by atoms with Crippen molar-refractivity contribution in [3.05, 3.63) is 77.6 Å². The van der Waals surface area contributed by atoms with Crippen molar-refractivity contribution in [1.82, 2.24) is 9.55 Å². The first-order valence-corrected chi connectivity index (χ1v) is 7.94. The van der Waals surface area contributed by atoms with Gasteiger partial charge in [0.1, 0.15) is 5.82 Å². The fourth-order valence-electron chi connectivity index (χ4n) is 2.44. The molecule has 5 nitrogen and oxygen atoms in total. The van der Waals surface area contributed by atoms with Gasteiger partial charge in [0.2, 0.25) is 0 Å². The van der Waals surface area contributed by atoms with Crippen LogP contribution in [0.25, 0.3) is 5.69 Å². The SMILES string of the molecule is Cc1ccc(NC(N)=NCc2ccc(-n3ccnc3)c(F)c2)cc1C. The first-order chi connectivity index (χ1) is 12.0. The van der Waals surface area contributed by atoms with Crippen molar-refractivity contribution < 1.29 is 4.39 Å². The monoisotopic (exact) mass is 337 g/mol. The lowest BCUT2D eigenvalue weighted by Gasteiger charge is -2.09. The number of rotatable bonds is 4. The molecule has 1 heterocycles. The van der Waals surface area contributed by atoms with Gasteiger partial charge in [-0.2, -0.15) is 0 Å². The summed E-state index contributed by atoms with van der Waals surface area (Å²) in [7, 11) is 0. The second-order valence-corrected chi connectivity index (χ2v) is 5.88. The van der Waals surface area contributed by atoms with E-state index < -0.39 is 0 Å². The Balaban J connectivity index is 1.68. The van der Waals surface area contributed by atoms with Crippen molar-refractivity contribution in [3.8, 4) is 5.69 Å². The van der Waals surface area contributed by atoms with Crippen LogP contribution in [-0.2, 0) is 6.54 Å². The summed E-state index contributed by atoms with van der Waals surface area (Å²) in [6.07, 6.45) is 4.86. The van der Waals surface area contributed by atoms with E-state index >= 15 is 0 Å². The molecule has 0 fully saturated rings. The van der Waals surface area contributed by atoms with Gasteiger partial charge in [0.25, 0.3) is 0 Å². The largest absolute Gasteiger partial charge is 0.370 e. The van der Waals surface area contributed by atoms with E-state index in [4.69, 9.17) is 5.73 Å². The first kappa shape index (κ1) is 16.7. The normalized spacial score (nSPS) is 11.6. The third kappa shape index (κ3) is 4.03. The molecular formula is C19H20FN5. The number of aryl methyl sites for hydroxylation is 2. The predicted molar refractivity (Wildman–Crippen MR) is 98.4 cm³/mol. The zero-order valence-electron chi connectivity index (χ0n) is 14.2. The van der Waals surface area contributed by atoms with Crippen LogP contribution in [0.3, 0.4) is 0 Å². The summed E-state index contributed by atoms with van der Waals surface area (Å²) in [5, 5.41) is 3.05. The third-order valence-electron chi connectivity index (χ3n) is 4.01. The lowest BCUT2D eigenvalue weighted by Crippen LogP contribution is -2.22. The summed E-state index contributed by atoms with van der Waals surface area (Å²) in [6.45, 7) is 4.39. The van der Waals surface area contributed by atoms with Gasteiger partial charge in [-0.3, -0.25) is 0 Å². The van der Waals surface area contributed by atoms with E-state index in [1.54, 1.807) is 29.4 Å². The number of aromatic nitrogens is 2. The van der Waals surface area contributed by atoms with Crippen LogP contribution in [0.2, 0.25) is 0 Å². The van der Waals surface area contributed by atoms with Crippen LogP contribution in [0, 0.1) is 19.7 Å². The molecule has 0 unspecified atom stereocenters. The van der Waals surface area contributed by atoms with Crippen molar-refractivity contribution in [1.29, 1.82) is 0 Å². The second kappa shape index (κ2) is 7.17. The number of halogens is 1. The number of nitrogens with zero attached hydrogens (tertiary/aromatic N) is 3. The van der Waals surface area contributed by atoms with E-state index in [9.17, 15) is 4.39 Å². The quantitative estimate of drug-likeness (QED) is 0.565. The smallest absolute Gasteiger partial charge is 0.193 e. The van der Waals surface area contributed by atoms with Crippen LogP contribution in [0.4, 0.5) is 10.1 Å². The molecule has 3 aromatic rings. The predicted octanol–water partition coefficient (Wildman–Crippen LogP) is 3.56. The Hall–Kier alpha value is -3.15. The highest BCUT2D eigenvalue weighted by atomic mass is 19.1. The van der Waals surface area contributed by atoms with Gasteiger partial charge in [0.05, 0.1) is 18.6 Å². The average molecular weight is 337 g/mol. The number of hydrogen-bond donors (Lipinski definition) is 2. The molecule has 128 valence electrons. The molecule has 0 aliphatic rings. The first-order valence-electron chi connectivity index (χ1n) is 7.94. The highest BCUT2D eigenvalue weighted by Crippen LogP contribution is 2.16. The molecule has 0 amide bonds. The molecule has 3 rings (SSSR count). The molecule has 0 aliphatic heterocycles. The van der Waals surface area contributed by atoms with Crippen molar-refractivity contribution >= 4 is 11.6 Å². The average Bonchev–Trinajstić information content (AvgIpc) is 3.11. The lowest BCUT2D eigenvalue weighted by atomic mass is 10.1. The number of aliphatic imine (C=N–C) groups is 1. The van der Waals surface area contributed by atoms with Crippen LogP contribution in [0.15, 0.2) is 60.1 Å². The Kier molecular flexibility index (Phi) is 4.79. The minimum absolute atomic E-state index is 0.294. The number of hydrogen-bond acceptors (Lipinski definition) is 2. The fraction of sp³-hybridized carbons (Fsp3) is 0.158. The van der Waals surface area contributed by atoms with Gasteiger partial charge >= 0.3 is 0 Å². The number of benzene rings is 2. The summed E-state index contributed by atoms with van der Waals surface area (Å²) in [5.74, 6) is -0.0336. The highest BCUT2D eigenvalue weighted by molar-refractivity contribution is 5.92. The summed E-state index contributed by atoms with van der Waals surface area (Å²) >= 11 is 0. The number of nitrogens with one attached hydrogen (secondary N) is 1. The van der Waals surface area contributed by atoms with Gasteiger partial charge in [-0.1, -0.05) is 12.1 Å². The van der Waals surface area contributed by atoms with E-state index in [-0.39, 0.29) is 5.82 Å². The van der Waals surface area contributed by atoms with E-state index in [0.29, 0.717) is 18.2 Å². The molecule has 0 bridgehead atoms. The molecule has 1 aromatic heterocycles. The summed E-state index contributed by atoms with van der Waals surface area (Å²) in [6, 6.07) is 11.0. The maximum absolute atomic E-state index is 14.2. The fourth-order valence-corrected chi connectivity index (χ4v) is 2.44. The zero-order valence-corrected chi connectivity index (χ0v) is 14.2. The maximum Gasteiger partial charge on any atom is 0.193 e. The zero-order chi connectivity index (χ0) is 17.8. The lowest BCUT2D eigenvalue weighted by molar-refractivity contribution is 0.616. The van der Waals surface area contributed by atoms with Gasteiger partial charge in [-0.15, -0.1) is 0 Å². The van der Waals surface area contributed by atoms with Gasteiger partial charge < -0.3 is 15.6 Å². The third-order valence-corrected chi connectivity index (χ3v) is 4.01. The molecule has 0 saturated heterocycles. The van der Waals surface area contributed by atoms with Crippen LogP contribution in [0.5, 0.6) is 0 Å². The van der Waals surface area contributed by atoms with Crippen LogP contribution in [0.1, 0.15) is 16.7 Å². The standard InChI is InChI=1S/C19H20FN5/c1-13-3-5-16(9-14(13)2)24-19(21)23-11-15-4-6-18(17(20)10-15)25-8-7-22-12-25/h3-10,12H,11H2,1-2H3,(H3,21,23,24). The van der Waals surface area contributed by atoms with Gasteiger partial charge in [-0.05, 0) is 54.8 Å². The molecule has 3 N–H and O–H groups in total. The summed E-state index contributed by atoms with van der Waals surface area (Å²) in [5.41, 5.74) is 10.4. The van der Waals surface area contributed by atoms with E-state index in [2.05, 4.69) is 22.2 Å². The second-order valence-electron chi connectivity index (χ2n) is 5.88. The molecule has 0 atom stereocenters. The minimum Gasteiger partial charge on any atom is -0.370 e.